The summed E-state index contributed by atoms with van der Waals surface area (Å²) in [5.41, 5.74) is 0.679. The van der Waals surface area contributed by atoms with Gasteiger partial charge in [-0.3, -0.25) is 9.59 Å². The molecular weight excluding hydrogens is 282 g/mol. The van der Waals surface area contributed by atoms with Gasteiger partial charge in [-0.25, -0.2) is 0 Å². The van der Waals surface area contributed by atoms with Crippen molar-refractivity contribution in [2.24, 2.45) is 0 Å². The molecule has 1 aliphatic heterocycles. The number of carbonyl (C=O) groups is 2. The third kappa shape index (κ3) is 5.04. The molecule has 1 aromatic carbocycles. The van der Waals surface area contributed by atoms with Crippen molar-refractivity contribution in [1.82, 2.24) is 10.6 Å². The Morgan fingerprint density at radius 1 is 1.27 bits per heavy atom. The molecule has 6 heteroatoms. The minimum atomic E-state index is -0.242. The Kier molecular flexibility index (Phi) is 6.21. The summed E-state index contributed by atoms with van der Waals surface area (Å²) in [6, 6.07) is 6.96. The maximum Gasteiger partial charge on any atom is 0.243 e. The highest BCUT2D eigenvalue weighted by atomic mass is 16.5. The number of anilines is 1. The van der Waals surface area contributed by atoms with E-state index in [1.54, 1.807) is 24.3 Å². The van der Waals surface area contributed by atoms with Crippen LogP contribution in [0.1, 0.15) is 26.2 Å². The van der Waals surface area contributed by atoms with Gasteiger partial charge in [0.25, 0.3) is 0 Å². The molecule has 1 unspecified atom stereocenters. The third-order valence-electron chi connectivity index (χ3n) is 3.50. The Morgan fingerprint density at radius 3 is 2.68 bits per heavy atom. The topological polar surface area (TPSA) is 79.5 Å². The van der Waals surface area contributed by atoms with Crippen molar-refractivity contribution < 1.29 is 14.3 Å². The molecule has 1 fully saturated rings. The number of carbonyl (C=O) groups excluding carboxylic acids is 2. The summed E-state index contributed by atoms with van der Waals surface area (Å²) in [5.74, 6) is 0.409. The summed E-state index contributed by atoms with van der Waals surface area (Å²) in [5, 5.41) is 8.56. The molecule has 1 heterocycles. The maximum absolute atomic E-state index is 11.9. The highest BCUT2D eigenvalue weighted by molar-refractivity contribution is 5.95. The van der Waals surface area contributed by atoms with Crippen LogP contribution in [-0.4, -0.2) is 37.6 Å². The van der Waals surface area contributed by atoms with Gasteiger partial charge in [-0.05, 0) is 50.6 Å². The van der Waals surface area contributed by atoms with E-state index in [9.17, 15) is 9.59 Å². The van der Waals surface area contributed by atoms with Gasteiger partial charge >= 0.3 is 0 Å². The van der Waals surface area contributed by atoms with Crippen molar-refractivity contribution >= 4 is 17.5 Å². The van der Waals surface area contributed by atoms with E-state index in [1.807, 2.05) is 6.92 Å². The van der Waals surface area contributed by atoms with Crippen LogP contribution in [0.5, 0.6) is 5.75 Å². The van der Waals surface area contributed by atoms with Crippen molar-refractivity contribution in [3.05, 3.63) is 24.3 Å². The number of hydrogen-bond acceptors (Lipinski definition) is 4. The van der Waals surface area contributed by atoms with E-state index in [1.165, 1.54) is 0 Å². The molecule has 3 N–H and O–H groups in total. The molecule has 0 bridgehead atoms. The van der Waals surface area contributed by atoms with Gasteiger partial charge in [0.1, 0.15) is 5.75 Å². The van der Waals surface area contributed by atoms with E-state index >= 15 is 0 Å². The molecule has 22 heavy (non-hydrogen) atoms. The highest BCUT2D eigenvalue weighted by Crippen LogP contribution is 2.15. The second-order valence-corrected chi connectivity index (χ2v) is 5.23. The van der Waals surface area contributed by atoms with Crippen LogP contribution in [0.25, 0.3) is 0 Å². The molecular formula is C16H23N3O3. The van der Waals surface area contributed by atoms with Crippen molar-refractivity contribution in [3.63, 3.8) is 0 Å². The second-order valence-electron chi connectivity index (χ2n) is 5.23. The van der Waals surface area contributed by atoms with Crippen molar-refractivity contribution in [3.8, 4) is 5.75 Å². The minimum absolute atomic E-state index is 0.0236. The summed E-state index contributed by atoms with van der Waals surface area (Å²) in [4.78, 5) is 23.7. The predicted molar refractivity (Wildman–Crippen MR) is 84.9 cm³/mol. The lowest BCUT2D eigenvalue weighted by Crippen LogP contribution is -2.48. The van der Waals surface area contributed by atoms with E-state index in [4.69, 9.17) is 4.74 Å². The summed E-state index contributed by atoms with van der Waals surface area (Å²) < 4.78 is 5.34. The van der Waals surface area contributed by atoms with Crippen LogP contribution >= 0.6 is 0 Å². The first-order valence-electron chi connectivity index (χ1n) is 7.73. The van der Waals surface area contributed by atoms with Crippen molar-refractivity contribution in [1.29, 1.82) is 0 Å². The lowest BCUT2D eigenvalue weighted by Gasteiger charge is -2.22. The normalized spacial score (nSPS) is 17.6. The van der Waals surface area contributed by atoms with Crippen LogP contribution in [0.2, 0.25) is 0 Å². The molecule has 1 aliphatic rings. The predicted octanol–water partition coefficient (Wildman–Crippen LogP) is 1.28. The summed E-state index contributed by atoms with van der Waals surface area (Å²) in [7, 11) is 0. The fourth-order valence-electron chi connectivity index (χ4n) is 2.37. The molecule has 120 valence electrons. The fourth-order valence-corrected chi connectivity index (χ4v) is 2.37. The van der Waals surface area contributed by atoms with Crippen molar-refractivity contribution in [2.75, 3.05) is 25.0 Å². The first-order valence-corrected chi connectivity index (χ1v) is 7.73. The van der Waals surface area contributed by atoms with E-state index < -0.39 is 0 Å². The van der Waals surface area contributed by atoms with Gasteiger partial charge in [-0.1, -0.05) is 6.42 Å². The van der Waals surface area contributed by atoms with Crippen LogP contribution in [-0.2, 0) is 9.59 Å². The molecule has 0 saturated carbocycles. The molecule has 0 aromatic heterocycles. The molecule has 1 aromatic rings. The quantitative estimate of drug-likeness (QED) is 0.740. The smallest absolute Gasteiger partial charge is 0.243 e. The molecule has 1 atom stereocenters. The molecule has 2 amide bonds. The van der Waals surface area contributed by atoms with Crippen LogP contribution in [0, 0.1) is 0 Å². The van der Waals surface area contributed by atoms with Crippen LogP contribution in [0.15, 0.2) is 24.3 Å². The van der Waals surface area contributed by atoms with Gasteiger partial charge in [0, 0.05) is 5.69 Å². The Bertz CT molecular complexity index is 496. The Morgan fingerprint density at radius 2 is 2.05 bits per heavy atom. The van der Waals surface area contributed by atoms with E-state index in [2.05, 4.69) is 16.0 Å². The van der Waals surface area contributed by atoms with Gasteiger partial charge in [-0.15, -0.1) is 0 Å². The first kappa shape index (κ1) is 16.3. The third-order valence-corrected chi connectivity index (χ3v) is 3.50. The molecule has 2 rings (SSSR count). The van der Waals surface area contributed by atoms with E-state index in [0.717, 1.165) is 31.6 Å². The zero-order valence-corrected chi connectivity index (χ0v) is 12.9. The average Bonchev–Trinajstić information content (AvgIpc) is 2.55. The summed E-state index contributed by atoms with van der Waals surface area (Å²) in [6.07, 6.45) is 2.97. The SMILES string of the molecule is CCOc1ccc(NC(=O)CNC(=O)C2CCCCN2)cc1. The first-order chi connectivity index (χ1) is 10.7. The van der Waals surface area contributed by atoms with Gasteiger partial charge in [0.15, 0.2) is 0 Å². The molecule has 0 aliphatic carbocycles. The van der Waals surface area contributed by atoms with E-state index in [-0.39, 0.29) is 24.4 Å². The van der Waals surface area contributed by atoms with Gasteiger partial charge in [0.2, 0.25) is 11.8 Å². The Balaban J connectivity index is 1.73. The van der Waals surface area contributed by atoms with Crippen LogP contribution in [0.4, 0.5) is 5.69 Å². The van der Waals surface area contributed by atoms with Crippen LogP contribution in [0.3, 0.4) is 0 Å². The lowest BCUT2D eigenvalue weighted by atomic mass is 10.0. The number of piperidine rings is 1. The second kappa shape index (κ2) is 8.38. The van der Waals surface area contributed by atoms with Crippen molar-refractivity contribution in [2.45, 2.75) is 32.2 Å². The fraction of sp³-hybridized carbons (Fsp3) is 0.500. The lowest BCUT2D eigenvalue weighted by molar-refractivity contribution is -0.126. The number of hydrogen-bond donors (Lipinski definition) is 3. The Hall–Kier alpha value is -2.08. The standard InChI is InChI=1S/C16H23N3O3/c1-2-22-13-8-6-12(7-9-13)19-15(20)11-18-16(21)14-5-3-4-10-17-14/h6-9,14,17H,2-5,10-11H2,1H3,(H,18,21)(H,19,20). The number of benzene rings is 1. The van der Waals surface area contributed by atoms with Gasteiger partial charge in [-0.2, -0.15) is 0 Å². The summed E-state index contributed by atoms with van der Waals surface area (Å²) >= 11 is 0. The van der Waals surface area contributed by atoms with Gasteiger partial charge in [0.05, 0.1) is 19.2 Å². The Labute approximate surface area is 130 Å². The van der Waals surface area contributed by atoms with E-state index in [0.29, 0.717) is 12.3 Å². The zero-order chi connectivity index (χ0) is 15.8. The highest BCUT2D eigenvalue weighted by Gasteiger charge is 2.20. The molecule has 6 nitrogen and oxygen atoms in total. The zero-order valence-electron chi connectivity index (χ0n) is 12.9. The van der Waals surface area contributed by atoms with Crippen LogP contribution < -0.4 is 20.7 Å². The number of amides is 2. The molecule has 0 radical (unpaired) electrons. The average molecular weight is 305 g/mol. The maximum atomic E-state index is 11.9. The largest absolute Gasteiger partial charge is 0.494 e. The molecule has 1 saturated heterocycles. The summed E-state index contributed by atoms with van der Waals surface area (Å²) in [6.45, 7) is 3.35. The molecule has 0 spiro atoms. The number of rotatable bonds is 6. The minimum Gasteiger partial charge on any atom is -0.494 e. The monoisotopic (exact) mass is 305 g/mol. The number of nitrogens with one attached hydrogen (secondary N) is 3. The van der Waals surface area contributed by atoms with Gasteiger partial charge < -0.3 is 20.7 Å². The number of ether oxygens (including phenoxy) is 1.